The molecule has 2 aromatic carbocycles. The summed E-state index contributed by atoms with van der Waals surface area (Å²) in [6, 6.07) is 13.2. The number of allylic oxidation sites excluding steroid dienone is 1. The smallest absolute Gasteiger partial charge is 0.0138 e. The Balaban J connectivity index is 2.13. The van der Waals surface area contributed by atoms with Crippen molar-refractivity contribution >= 4 is 5.57 Å². The van der Waals surface area contributed by atoms with Gasteiger partial charge in [-0.1, -0.05) is 42.5 Å². The summed E-state index contributed by atoms with van der Waals surface area (Å²) in [7, 11) is 0. The molecule has 0 heteroatoms. The van der Waals surface area contributed by atoms with Gasteiger partial charge in [0.1, 0.15) is 0 Å². The zero-order valence-electron chi connectivity index (χ0n) is 11.1. The minimum atomic E-state index is 1.32. The average molecular weight is 233 g/mol. The van der Waals surface area contributed by atoms with Gasteiger partial charge in [-0.3, -0.25) is 0 Å². The lowest BCUT2D eigenvalue weighted by Crippen LogP contribution is -1.92. The van der Waals surface area contributed by atoms with Crippen LogP contribution in [0.15, 0.2) is 42.5 Å². The van der Waals surface area contributed by atoms with E-state index in [0.717, 1.165) is 0 Å². The van der Waals surface area contributed by atoms with E-state index in [1.54, 1.807) is 0 Å². The second-order valence-corrected chi connectivity index (χ2v) is 5.07. The van der Waals surface area contributed by atoms with Crippen LogP contribution in [-0.4, -0.2) is 0 Å². The van der Waals surface area contributed by atoms with E-state index >= 15 is 0 Å². The fraction of sp³-hybridized carbons (Fsp3) is 0.167. The van der Waals surface area contributed by atoms with E-state index in [1.165, 1.54) is 39.0 Å². The molecule has 1 radical (unpaired) electrons. The maximum absolute atomic E-state index is 2.30. The second kappa shape index (κ2) is 4.13. The van der Waals surface area contributed by atoms with Crippen molar-refractivity contribution in [3.05, 3.63) is 82.3 Å². The van der Waals surface area contributed by atoms with E-state index in [0.29, 0.717) is 0 Å². The number of hydrogen-bond acceptors (Lipinski definition) is 0. The molecule has 0 spiro atoms. The number of rotatable bonds is 1. The first-order valence-electron chi connectivity index (χ1n) is 6.39. The van der Waals surface area contributed by atoms with Gasteiger partial charge in [-0.05, 0) is 59.7 Å². The highest BCUT2D eigenvalue weighted by Gasteiger charge is 2.15. The molecule has 3 rings (SSSR count). The van der Waals surface area contributed by atoms with E-state index in [9.17, 15) is 0 Å². The fourth-order valence-electron chi connectivity index (χ4n) is 2.59. The highest BCUT2D eigenvalue weighted by atomic mass is 14.2. The summed E-state index contributed by atoms with van der Waals surface area (Å²) in [5.41, 5.74) is 9.48. The van der Waals surface area contributed by atoms with Gasteiger partial charge in [0.2, 0.25) is 0 Å². The molecule has 0 fully saturated rings. The summed E-state index contributed by atoms with van der Waals surface area (Å²) in [5.74, 6) is 0. The average Bonchev–Trinajstić information content (AvgIpc) is 2.79. The summed E-state index contributed by atoms with van der Waals surface area (Å²) in [5, 5.41) is 0. The monoisotopic (exact) mass is 233 g/mol. The van der Waals surface area contributed by atoms with Gasteiger partial charge < -0.3 is 0 Å². The molecule has 0 N–H and O–H groups in total. The predicted octanol–water partition coefficient (Wildman–Crippen LogP) is 4.61. The van der Waals surface area contributed by atoms with Crippen molar-refractivity contribution in [3.8, 4) is 0 Å². The van der Waals surface area contributed by atoms with Gasteiger partial charge in [0.25, 0.3) is 0 Å². The summed E-state index contributed by atoms with van der Waals surface area (Å²) >= 11 is 0. The topological polar surface area (TPSA) is 0 Å². The predicted molar refractivity (Wildman–Crippen MR) is 77.6 cm³/mol. The number of benzene rings is 2. The molecule has 0 amide bonds. The molecule has 0 saturated carbocycles. The van der Waals surface area contributed by atoms with Gasteiger partial charge >= 0.3 is 0 Å². The van der Waals surface area contributed by atoms with Crippen LogP contribution >= 0.6 is 0 Å². The zero-order valence-corrected chi connectivity index (χ0v) is 11.1. The van der Waals surface area contributed by atoms with Crippen LogP contribution in [0, 0.1) is 27.2 Å². The molecule has 0 aromatic heterocycles. The lowest BCUT2D eigenvalue weighted by Gasteiger charge is -2.11. The Bertz CT molecular complexity index is 622. The summed E-state index contributed by atoms with van der Waals surface area (Å²) in [4.78, 5) is 0. The third-order valence-corrected chi connectivity index (χ3v) is 3.92. The van der Waals surface area contributed by atoms with Gasteiger partial charge in [0, 0.05) is 6.42 Å². The third kappa shape index (κ3) is 1.69. The first-order chi connectivity index (χ1) is 8.66. The van der Waals surface area contributed by atoms with Crippen molar-refractivity contribution in [2.24, 2.45) is 0 Å². The molecule has 2 aromatic rings. The van der Waals surface area contributed by atoms with Crippen LogP contribution < -0.4 is 0 Å². The van der Waals surface area contributed by atoms with Crippen molar-refractivity contribution in [2.75, 3.05) is 0 Å². The molecule has 1 aliphatic carbocycles. The maximum Gasteiger partial charge on any atom is 0.0138 e. The Labute approximate surface area is 109 Å². The van der Waals surface area contributed by atoms with E-state index < -0.39 is 0 Å². The van der Waals surface area contributed by atoms with Crippen LogP contribution in [0.25, 0.3) is 5.57 Å². The third-order valence-electron chi connectivity index (χ3n) is 3.92. The Morgan fingerprint density at radius 1 is 0.833 bits per heavy atom. The van der Waals surface area contributed by atoms with E-state index in [1.807, 2.05) is 0 Å². The standard InChI is InChI=1S/C18H17/c1-12-10-16(11-13(2)14(12)3)18-9-8-15-6-4-5-7-17(15)18/h4-11H,1-3H3. The summed E-state index contributed by atoms with van der Waals surface area (Å²) in [6.45, 7) is 6.57. The first kappa shape index (κ1) is 11.3. The number of hydrogen-bond donors (Lipinski definition) is 0. The van der Waals surface area contributed by atoms with Crippen LogP contribution in [-0.2, 0) is 0 Å². The summed E-state index contributed by atoms with van der Waals surface area (Å²) < 4.78 is 0. The molecule has 1 aliphatic rings. The minimum absolute atomic E-state index is 1.32. The van der Waals surface area contributed by atoms with Crippen LogP contribution in [0.3, 0.4) is 0 Å². The van der Waals surface area contributed by atoms with Gasteiger partial charge in [-0.25, -0.2) is 0 Å². The number of fused-ring (bicyclic) bond motifs is 1. The molecule has 0 atom stereocenters. The molecule has 0 bridgehead atoms. The highest BCUT2D eigenvalue weighted by Crippen LogP contribution is 2.34. The van der Waals surface area contributed by atoms with Crippen molar-refractivity contribution in [3.63, 3.8) is 0 Å². The number of aryl methyl sites for hydroxylation is 2. The van der Waals surface area contributed by atoms with E-state index in [4.69, 9.17) is 0 Å². The Morgan fingerprint density at radius 3 is 2.22 bits per heavy atom. The fourth-order valence-corrected chi connectivity index (χ4v) is 2.59. The molecule has 89 valence electrons. The Hall–Kier alpha value is -1.82. The van der Waals surface area contributed by atoms with Crippen LogP contribution in [0.5, 0.6) is 0 Å². The van der Waals surface area contributed by atoms with Crippen molar-refractivity contribution in [1.82, 2.24) is 0 Å². The molecular formula is C18H17. The molecular weight excluding hydrogens is 216 g/mol. The van der Waals surface area contributed by atoms with Crippen molar-refractivity contribution in [2.45, 2.75) is 20.8 Å². The van der Waals surface area contributed by atoms with Crippen LogP contribution in [0.4, 0.5) is 0 Å². The normalized spacial score (nSPS) is 13.4. The summed E-state index contributed by atoms with van der Waals surface area (Å²) in [6.07, 6.45) is 4.43. The Kier molecular flexibility index (Phi) is 2.59. The van der Waals surface area contributed by atoms with Crippen molar-refractivity contribution < 1.29 is 0 Å². The van der Waals surface area contributed by atoms with Crippen molar-refractivity contribution in [1.29, 1.82) is 0 Å². The van der Waals surface area contributed by atoms with Crippen LogP contribution in [0.2, 0.25) is 0 Å². The van der Waals surface area contributed by atoms with Crippen LogP contribution in [0.1, 0.15) is 33.4 Å². The molecule has 0 heterocycles. The molecule has 0 nitrogen and oxygen atoms in total. The Morgan fingerprint density at radius 2 is 1.50 bits per heavy atom. The van der Waals surface area contributed by atoms with Gasteiger partial charge in [-0.15, -0.1) is 0 Å². The molecule has 0 saturated heterocycles. The molecule has 0 aliphatic heterocycles. The van der Waals surface area contributed by atoms with Gasteiger partial charge in [0.15, 0.2) is 0 Å². The molecule has 0 unspecified atom stereocenters. The quantitative estimate of drug-likeness (QED) is 0.674. The highest BCUT2D eigenvalue weighted by molar-refractivity contribution is 5.87. The van der Waals surface area contributed by atoms with Gasteiger partial charge in [-0.2, -0.15) is 0 Å². The van der Waals surface area contributed by atoms with E-state index in [2.05, 4.69) is 69.7 Å². The minimum Gasteiger partial charge on any atom is -0.0676 e. The largest absolute Gasteiger partial charge is 0.0676 e. The molecule has 18 heavy (non-hydrogen) atoms. The lowest BCUT2D eigenvalue weighted by atomic mass is 9.93. The second-order valence-electron chi connectivity index (χ2n) is 5.07. The van der Waals surface area contributed by atoms with Gasteiger partial charge in [0.05, 0.1) is 0 Å². The first-order valence-corrected chi connectivity index (χ1v) is 6.39. The maximum atomic E-state index is 2.30. The lowest BCUT2D eigenvalue weighted by molar-refractivity contribution is 1.26. The zero-order chi connectivity index (χ0) is 12.7. The van der Waals surface area contributed by atoms with E-state index in [-0.39, 0.29) is 0 Å². The SMILES string of the molecule is Cc1cc(C2=C[CH]c3ccccc32)cc(C)c1C.